The lowest BCUT2D eigenvalue weighted by molar-refractivity contribution is -0.109. The molecule has 2 unspecified atom stereocenters. The molecule has 1 saturated heterocycles. The van der Waals surface area contributed by atoms with E-state index < -0.39 is 0 Å². The van der Waals surface area contributed by atoms with Gasteiger partial charge in [-0.25, -0.2) is 0 Å². The number of rotatable bonds is 4. The van der Waals surface area contributed by atoms with Crippen molar-refractivity contribution in [3.05, 3.63) is 0 Å². The first-order valence-corrected chi connectivity index (χ1v) is 5.10. The normalized spacial score (nSPS) is 25.9. The SMILES string of the molecule is CC(C1CCCNC1)N(C)CC=O. The molecule has 1 heterocycles. The number of piperidine rings is 1. The van der Waals surface area contributed by atoms with Crippen LogP contribution in [0, 0.1) is 5.92 Å². The summed E-state index contributed by atoms with van der Waals surface area (Å²) >= 11 is 0. The van der Waals surface area contributed by atoms with Gasteiger partial charge in [0.1, 0.15) is 6.29 Å². The van der Waals surface area contributed by atoms with Gasteiger partial charge in [-0.3, -0.25) is 4.90 Å². The first-order chi connectivity index (χ1) is 6.25. The number of carbonyl (C=O) groups is 1. The van der Waals surface area contributed by atoms with E-state index in [2.05, 4.69) is 17.1 Å². The monoisotopic (exact) mass is 184 g/mol. The average molecular weight is 184 g/mol. The van der Waals surface area contributed by atoms with Gasteiger partial charge in [0.2, 0.25) is 0 Å². The Morgan fingerprint density at radius 3 is 3.00 bits per heavy atom. The Morgan fingerprint density at radius 2 is 2.46 bits per heavy atom. The first kappa shape index (κ1) is 10.7. The fourth-order valence-electron chi connectivity index (χ4n) is 1.93. The molecule has 2 atom stereocenters. The van der Waals surface area contributed by atoms with E-state index >= 15 is 0 Å². The maximum atomic E-state index is 10.3. The molecule has 0 amide bonds. The third kappa shape index (κ3) is 3.08. The van der Waals surface area contributed by atoms with Crippen LogP contribution in [0.25, 0.3) is 0 Å². The fraction of sp³-hybridized carbons (Fsp3) is 0.900. The van der Waals surface area contributed by atoms with Gasteiger partial charge < -0.3 is 10.1 Å². The van der Waals surface area contributed by atoms with Gasteiger partial charge in [0.25, 0.3) is 0 Å². The van der Waals surface area contributed by atoms with Crippen molar-refractivity contribution in [2.45, 2.75) is 25.8 Å². The van der Waals surface area contributed by atoms with Crippen LogP contribution < -0.4 is 5.32 Å². The second-order valence-electron chi connectivity index (χ2n) is 3.95. The van der Waals surface area contributed by atoms with Gasteiger partial charge in [-0.15, -0.1) is 0 Å². The van der Waals surface area contributed by atoms with Crippen LogP contribution in [0.3, 0.4) is 0 Å². The maximum Gasteiger partial charge on any atom is 0.133 e. The summed E-state index contributed by atoms with van der Waals surface area (Å²) in [5.74, 6) is 0.707. The first-order valence-electron chi connectivity index (χ1n) is 5.10. The van der Waals surface area contributed by atoms with Crippen molar-refractivity contribution >= 4 is 6.29 Å². The van der Waals surface area contributed by atoms with Crippen LogP contribution in [0.2, 0.25) is 0 Å². The molecule has 1 aliphatic heterocycles. The lowest BCUT2D eigenvalue weighted by Gasteiger charge is -2.33. The molecule has 0 bridgehead atoms. The van der Waals surface area contributed by atoms with Crippen molar-refractivity contribution in [2.24, 2.45) is 5.92 Å². The molecule has 0 radical (unpaired) electrons. The minimum atomic E-state index is 0.512. The number of hydrogen-bond acceptors (Lipinski definition) is 3. The van der Waals surface area contributed by atoms with Gasteiger partial charge in [0.05, 0.1) is 6.54 Å². The van der Waals surface area contributed by atoms with E-state index in [0.717, 1.165) is 19.4 Å². The highest BCUT2D eigenvalue weighted by Crippen LogP contribution is 2.17. The Balaban J connectivity index is 2.35. The summed E-state index contributed by atoms with van der Waals surface area (Å²) < 4.78 is 0. The Bertz CT molecular complexity index is 155. The highest BCUT2D eigenvalue weighted by Gasteiger charge is 2.22. The van der Waals surface area contributed by atoms with Crippen LogP contribution in [-0.2, 0) is 4.79 Å². The van der Waals surface area contributed by atoms with Gasteiger partial charge in [0, 0.05) is 6.04 Å². The summed E-state index contributed by atoms with van der Waals surface area (Å²) in [4.78, 5) is 12.5. The van der Waals surface area contributed by atoms with Gasteiger partial charge >= 0.3 is 0 Å². The molecule has 0 aromatic heterocycles. The number of hydrogen-bond donors (Lipinski definition) is 1. The van der Waals surface area contributed by atoms with Crippen molar-refractivity contribution in [2.75, 3.05) is 26.7 Å². The molecule has 0 aliphatic carbocycles. The van der Waals surface area contributed by atoms with Crippen LogP contribution in [-0.4, -0.2) is 43.9 Å². The van der Waals surface area contributed by atoms with Gasteiger partial charge in [-0.05, 0) is 45.8 Å². The third-order valence-corrected chi connectivity index (χ3v) is 3.07. The summed E-state index contributed by atoms with van der Waals surface area (Å²) in [6.07, 6.45) is 3.54. The van der Waals surface area contributed by atoms with Crippen molar-refractivity contribution in [3.8, 4) is 0 Å². The van der Waals surface area contributed by atoms with E-state index in [9.17, 15) is 4.79 Å². The predicted molar refractivity (Wildman–Crippen MR) is 53.7 cm³/mol. The molecule has 0 aromatic rings. The molecule has 3 heteroatoms. The van der Waals surface area contributed by atoms with E-state index in [4.69, 9.17) is 0 Å². The lowest BCUT2D eigenvalue weighted by Crippen LogP contribution is -2.43. The molecule has 0 spiro atoms. The third-order valence-electron chi connectivity index (χ3n) is 3.07. The summed E-state index contributed by atoms with van der Waals surface area (Å²) in [6.45, 7) is 5.02. The standard InChI is InChI=1S/C10H20N2O/c1-9(12(2)6-7-13)10-4-3-5-11-8-10/h7,9-11H,3-6,8H2,1-2H3. The van der Waals surface area contributed by atoms with E-state index in [1.165, 1.54) is 12.8 Å². The number of nitrogens with one attached hydrogen (secondary N) is 1. The number of nitrogens with zero attached hydrogens (tertiary/aromatic N) is 1. The summed E-state index contributed by atoms with van der Waals surface area (Å²) in [6, 6.07) is 0.512. The lowest BCUT2D eigenvalue weighted by atomic mass is 9.92. The maximum absolute atomic E-state index is 10.3. The molecule has 1 fully saturated rings. The highest BCUT2D eigenvalue weighted by molar-refractivity contribution is 5.51. The smallest absolute Gasteiger partial charge is 0.133 e. The molecule has 0 saturated carbocycles. The highest BCUT2D eigenvalue weighted by atomic mass is 16.1. The Morgan fingerprint density at radius 1 is 1.69 bits per heavy atom. The number of likely N-dealkylation sites (N-methyl/N-ethyl adjacent to an activating group) is 1. The van der Waals surface area contributed by atoms with Gasteiger partial charge in [-0.2, -0.15) is 0 Å². The molecule has 1 rings (SSSR count). The molecular weight excluding hydrogens is 164 g/mol. The molecule has 0 aromatic carbocycles. The molecule has 13 heavy (non-hydrogen) atoms. The second-order valence-corrected chi connectivity index (χ2v) is 3.95. The van der Waals surface area contributed by atoms with Crippen molar-refractivity contribution < 1.29 is 4.79 Å². The fourth-order valence-corrected chi connectivity index (χ4v) is 1.93. The minimum absolute atomic E-state index is 0.512. The van der Waals surface area contributed by atoms with Crippen LogP contribution >= 0.6 is 0 Å². The minimum Gasteiger partial charge on any atom is -0.316 e. The van der Waals surface area contributed by atoms with Gasteiger partial charge in [-0.1, -0.05) is 0 Å². The Labute approximate surface area is 80.5 Å². The molecule has 76 valence electrons. The zero-order chi connectivity index (χ0) is 9.68. The molecule has 1 aliphatic rings. The van der Waals surface area contributed by atoms with Crippen LogP contribution in [0.15, 0.2) is 0 Å². The molecule has 1 N–H and O–H groups in total. The number of aldehydes is 1. The summed E-state index contributed by atoms with van der Waals surface area (Å²) in [7, 11) is 2.02. The van der Waals surface area contributed by atoms with Crippen LogP contribution in [0.5, 0.6) is 0 Å². The van der Waals surface area contributed by atoms with Gasteiger partial charge in [0.15, 0.2) is 0 Å². The Kier molecular flexibility index (Phi) is 4.39. The van der Waals surface area contributed by atoms with Crippen molar-refractivity contribution in [1.29, 1.82) is 0 Å². The largest absolute Gasteiger partial charge is 0.316 e. The molecular formula is C10H20N2O. The Hall–Kier alpha value is -0.410. The topological polar surface area (TPSA) is 32.3 Å². The van der Waals surface area contributed by atoms with Crippen LogP contribution in [0.4, 0.5) is 0 Å². The van der Waals surface area contributed by atoms with E-state index in [-0.39, 0.29) is 0 Å². The van der Waals surface area contributed by atoms with E-state index in [1.807, 2.05) is 7.05 Å². The van der Waals surface area contributed by atoms with E-state index in [0.29, 0.717) is 18.5 Å². The zero-order valence-corrected chi connectivity index (χ0v) is 8.62. The zero-order valence-electron chi connectivity index (χ0n) is 8.62. The molecule has 3 nitrogen and oxygen atoms in total. The summed E-state index contributed by atoms with van der Waals surface area (Å²) in [5, 5.41) is 3.40. The number of carbonyl (C=O) groups excluding carboxylic acids is 1. The quantitative estimate of drug-likeness (QED) is 0.646. The van der Waals surface area contributed by atoms with Crippen molar-refractivity contribution in [3.63, 3.8) is 0 Å². The van der Waals surface area contributed by atoms with E-state index in [1.54, 1.807) is 0 Å². The second kappa shape index (κ2) is 5.35. The van der Waals surface area contributed by atoms with Crippen molar-refractivity contribution in [1.82, 2.24) is 10.2 Å². The van der Waals surface area contributed by atoms with Crippen LogP contribution in [0.1, 0.15) is 19.8 Å². The average Bonchev–Trinajstić information content (AvgIpc) is 2.18. The summed E-state index contributed by atoms with van der Waals surface area (Å²) in [5.41, 5.74) is 0. The predicted octanol–water partition coefficient (Wildman–Crippen LogP) is 0.505.